The largest absolute Gasteiger partial charge is 0.493 e. The van der Waals surface area contributed by atoms with Crippen LogP contribution in [0.3, 0.4) is 0 Å². The summed E-state index contributed by atoms with van der Waals surface area (Å²) in [5.41, 5.74) is 9.02. The lowest BCUT2D eigenvalue weighted by Gasteiger charge is -2.21. The van der Waals surface area contributed by atoms with Gasteiger partial charge in [0.1, 0.15) is 0 Å². The SMILES string of the molecule is COc1cc2c(-c3ccc(-c4cccc5ccccc45)cc3)c3cc(OC)c(OC)cc3c(-c3ccc(-c4cccc5ccccc45)cc3)c2cc1OC. The summed E-state index contributed by atoms with van der Waals surface area (Å²) in [5, 5.41) is 9.06. The fraction of sp³-hybridized carbons (Fsp3) is 0.0800. The topological polar surface area (TPSA) is 36.9 Å². The second-order valence-corrected chi connectivity index (χ2v) is 13.5. The summed E-state index contributed by atoms with van der Waals surface area (Å²) < 4.78 is 23.7. The number of ether oxygens (including phenoxy) is 4. The van der Waals surface area contributed by atoms with Crippen LogP contribution in [0.15, 0.2) is 158 Å². The zero-order chi connectivity index (χ0) is 36.8. The highest BCUT2D eigenvalue weighted by molar-refractivity contribution is 6.22. The number of rotatable bonds is 8. The van der Waals surface area contributed by atoms with Gasteiger partial charge in [0.25, 0.3) is 0 Å². The van der Waals surface area contributed by atoms with Crippen molar-refractivity contribution in [1.82, 2.24) is 0 Å². The number of benzene rings is 9. The van der Waals surface area contributed by atoms with Gasteiger partial charge in [0.15, 0.2) is 23.0 Å². The molecule has 54 heavy (non-hydrogen) atoms. The maximum absolute atomic E-state index is 5.92. The van der Waals surface area contributed by atoms with Crippen molar-refractivity contribution in [2.45, 2.75) is 0 Å². The Labute approximate surface area is 314 Å². The predicted molar refractivity (Wildman–Crippen MR) is 224 cm³/mol. The Kier molecular flexibility index (Phi) is 8.36. The van der Waals surface area contributed by atoms with Gasteiger partial charge >= 0.3 is 0 Å². The fourth-order valence-electron chi connectivity index (χ4n) is 8.08. The highest BCUT2D eigenvalue weighted by atomic mass is 16.5. The molecule has 0 fully saturated rings. The summed E-state index contributed by atoms with van der Waals surface area (Å²) in [4.78, 5) is 0. The third-order valence-electron chi connectivity index (χ3n) is 10.7. The Bertz CT molecular complexity index is 2570. The van der Waals surface area contributed by atoms with Crippen LogP contribution in [0.2, 0.25) is 0 Å². The molecular formula is C50H38O4. The molecule has 9 rings (SSSR count). The molecule has 0 unspecified atom stereocenters. The molecular weight excluding hydrogens is 665 g/mol. The first-order valence-electron chi connectivity index (χ1n) is 18.0. The zero-order valence-electron chi connectivity index (χ0n) is 30.6. The Balaban J connectivity index is 1.31. The van der Waals surface area contributed by atoms with Crippen LogP contribution in [-0.4, -0.2) is 28.4 Å². The van der Waals surface area contributed by atoms with Crippen LogP contribution in [0.25, 0.3) is 87.6 Å². The Hall–Kier alpha value is -6.78. The highest BCUT2D eigenvalue weighted by Gasteiger charge is 2.22. The minimum atomic E-state index is 0.663. The molecule has 0 aliphatic heterocycles. The average Bonchev–Trinajstić information content (AvgIpc) is 3.24. The highest BCUT2D eigenvalue weighted by Crippen LogP contribution is 2.50. The van der Waals surface area contributed by atoms with Gasteiger partial charge in [-0.1, -0.05) is 133 Å². The number of fused-ring (bicyclic) bond motifs is 4. The minimum absolute atomic E-state index is 0.663. The van der Waals surface area contributed by atoms with E-state index in [-0.39, 0.29) is 0 Å². The van der Waals surface area contributed by atoms with Crippen LogP contribution in [0.5, 0.6) is 23.0 Å². The van der Waals surface area contributed by atoms with E-state index < -0.39 is 0 Å². The van der Waals surface area contributed by atoms with E-state index >= 15 is 0 Å². The van der Waals surface area contributed by atoms with E-state index in [2.05, 4.69) is 158 Å². The Morgan fingerprint density at radius 1 is 0.278 bits per heavy atom. The van der Waals surface area contributed by atoms with Gasteiger partial charge in [-0.05, 0) is 112 Å². The molecule has 9 aromatic rings. The van der Waals surface area contributed by atoms with Crippen molar-refractivity contribution in [3.63, 3.8) is 0 Å². The van der Waals surface area contributed by atoms with Crippen molar-refractivity contribution in [2.24, 2.45) is 0 Å². The van der Waals surface area contributed by atoms with E-state index in [9.17, 15) is 0 Å². The van der Waals surface area contributed by atoms with Crippen molar-refractivity contribution < 1.29 is 18.9 Å². The molecule has 4 nitrogen and oxygen atoms in total. The van der Waals surface area contributed by atoms with Crippen LogP contribution in [0.1, 0.15) is 0 Å². The van der Waals surface area contributed by atoms with E-state index in [4.69, 9.17) is 18.9 Å². The van der Waals surface area contributed by atoms with Crippen molar-refractivity contribution in [1.29, 1.82) is 0 Å². The van der Waals surface area contributed by atoms with E-state index in [1.165, 1.54) is 32.7 Å². The molecule has 0 atom stereocenters. The number of hydrogen-bond acceptors (Lipinski definition) is 4. The summed E-state index contributed by atoms with van der Waals surface area (Å²) in [7, 11) is 6.74. The minimum Gasteiger partial charge on any atom is -0.493 e. The molecule has 0 saturated carbocycles. The van der Waals surface area contributed by atoms with Crippen LogP contribution in [-0.2, 0) is 0 Å². The van der Waals surface area contributed by atoms with Crippen molar-refractivity contribution in [3.05, 3.63) is 158 Å². The normalized spacial score (nSPS) is 11.3. The molecule has 0 aliphatic carbocycles. The van der Waals surface area contributed by atoms with Gasteiger partial charge in [0, 0.05) is 0 Å². The van der Waals surface area contributed by atoms with Crippen molar-refractivity contribution in [3.8, 4) is 67.5 Å². The lowest BCUT2D eigenvalue weighted by atomic mass is 9.84. The molecule has 0 heterocycles. The molecule has 0 aliphatic rings. The maximum atomic E-state index is 5.92. The predicted octanol–water partition coefficient (Wildman–Crippen LogP) is 13.0. The molecule has 0 spiro atoms. The van der Waals surface area contributed by atoms with Gasteiger partial charge in [0.2, 0.25) is 0 Å². The molecule has 0 N–H and O–H groups in total. The molecule has 0 saturated heterocycles. The fourth-order valence-corrected chi connectivity index (χ4v) is 8.08. The molecule has 9 aromatic carbocycles. The first kappa shape index (κ1) is 33.1. The smallest absolute Gasteiger partial charge is 0.161 e. The lowest BCUT2D eigenvalue weighted by molar-refractivity contribution is 0.355. The summed E-state index contributed by atoms with van der Waals surface area (Å²) in [5.74, 6) is 2.65. The van der Waals surface area contributed by atoms with Crippen LogP contribution >= 0.6 is 0 Å². The molecule has 0 amide bonds. The van der Waals surface area contributed by atoms with Crippen molar-refractivity contribution in [2.75, 3.05) is 28.4 Å². The summed E-state index contributed by atoms with van der Waals surface area (Å²) in [6, 6.07) is 56.2. The van der Waals surface area contributed by atoms with E-state index in [0.717, 1.165) is 54.9 Å². The average molecular weight is 703 g/mol. The molecule has 0 bridgehead atoms. The van der Waals surface area contributed by atoms with Crippen LogP contribution in [0, 0.1) is 0 Å². The maximum Gasteiger partial charge on any atom is 0.161 e. The Morgan fingerprint density at radius 2 is 0.574 bits per heavy atom. The first-order chi connectivity index (χ1) is 26.6. The van der Waals surface area contributed by atoms with E-state index in [1.807, 2.05) is 0 Å². The van der Waals surface area contributed by atoms with Gasteiger partial charge in [-0.25, -0.2) is 0 Å². The molecule has 4 heteroatoms. The number of methoxy groups -OCH3 is 4. The summed E-state index contributed by atoms with van der Waals surface area (Å²) >= 11 is 0. The van der Waals surface area contributed by atoms with Crippen LogP contribution in [0.4, 0.5) is 0 Å². The monoisotopic (exact) mass is 702 g/mol. The first-order valence-corrected chi connectivity index (χ1v) is 18.0. The van der Waals surface area contributed by atoms with Gasteiger partial charge in [-0.15, -0.1) is 0 Å². The zero-order valence-corrected chi connectivity index (χ0v) is 30.6. The standard InChI is InChI=1S/C50H38O4/c1-51-45-27-41-42(28-46(45)52-2)50(36-25-21-34(22-26-36)40-18-10-14-32-12-6-8-16-38(32)40)44-30-48(54-4)47(53-3)29-43(44)49(41)35-23-19-33(20-24-35)39-17-9-13-31-11-5-7-15-37(31)39/h5-30H,1-4H3. The quantitative estimate of drug-likeness (QED) is 0.148. The summed E-state index contributed by atoms with van der Waals surface area (Å²) in [6.45, 7) is 0. The second kappa shape index (κ2) is 13.6. The molecule has 0 radical (unpaired) electrons. The van der Waals surface area contributed by atoms with Gasteiger partial charge < -0.3 is 18.9 Å². The third-order valence-corrected chi connectivity index (χ3v) is 10.7. The van der Waals surface area contributed by atoms with Crippen molar-refractivity contribution >= 4 is 43.1 Å². The number of hydrogen-bond donors (Lipinski definition) is 0. The lowest BCUT2D eigenvalue weighted by Crippen LogP contribution is -1.97. The van der Waals surface area contributed by atoms with Gasteiger partial charge in [0.05, 0.1) is 28.4 Å². The summed E-state index contributed by atoms with van der Waals surface area (Å²) in [6.07, 6.45) is 0. The molecule has 262 valence electrons. The van der Waals surface area contributed by atoms with Gasteiger partial charge in [-0.3, -0.25) is 0 Å². The van der Waals surface area contributed by atoms with Gasteiger partial charge in [-0.2, -0.15) is 0 Å². The van der Waals surface area contributed by atoms with E-state index in [0.29, 0.717) is 23.0 Å². The Morgan fingerprint density at radius 3 is 0.907 bits per heavy atom. The second-order valence-electron chi connectivity index (χ2n) is 13.5. The third kappa shape index (κ3) is 5.46. The molecule has 0 aromatic heterocycles. The van der Waals surface area contributed by atoms with Crippen LogP contribution < -0.4 is 18.9 Å². The van der Waals surface area contributed by atoms with E-state index in [1.54, 1.807) is 28.4 Å².